The molecule has 1 N–H and O–H groups in total. The number of halogens is 3. The lowest BCUT2D eigenvalue weighted by molar-refractivity contribution is 0.0192. The normalized spacial score (nSPS) is 19.2. The summed E-state index contributed by atoms with van der Waals surface area (Å²) < 4.78 is 33.3. The van der Waals surface area contributed by atoms with Gasteiger partial charge in [-0.05, 0) is 32.9 Å². The molecule has 1 aliphatic heterocycles. The smallest absolute Gasteiger partial charge is 0.410 e. The van der Waals surface area contributed by atoms with Gasteiger partial charge in [0.25, 0.3) is 0 Å². The minimum Gasteiger partial charge on any atom is -0.444 e. The Labute approximate surface area is 133 Å². The molecule has 1 amide bonds. The van der Waals surface area contributed by atoms with E-state index in [4.69, 9.17) is 16.3 Å². The van der Waals surface area contributed by atoms with Crippen molar-refractivity contribution in [3.63, 3.8) is 0 Å². The van der Waals surface area contributed by atoms with E-state index in [1.54, 1.807) is 20.8 Å². The van der Waals surface area contributed by atoms with Gasteiger partial charge < -0.3 is 15.0 Å². The van der Waals surface area contributed by atoms with E-state index < -0.39 is 29.4 Å². The summed E-state index contributed by atoms with van der Waals surface area (Å²) in [7, 11) is 0. The zero-order chi connectivity index (χ0) is 16.5. The van der Waals surface area contributed by atoms with Crippen molar-refractivity contribution >= 4 is 17.7 Å². The van der Waals surface area contributed by atoms with E-state index in [2.05, 4.69) is 5.32 Å². The van der Waals surface area contributed by atoms with E-state index in [0.717, 1.165) is 6.07 Å². The number of carbonyl (C=O) groups excluding carboxylic acids is 1. The third-order valence-corrected chi connectivity index (χ3v) is 3.55. The Kier molecular flexibility index (Phi) is 4.92. The number of nitrogens with zero attached hydrogens (tertiary/aromatic N) is 1. The number of rotatable bonds is 1. The highest BCUT2D eigenvalue weighted by atomic mass is 35.5. The maximum Gasteiger partial charge on any atom is 0.410 e. The Morgan fingerprint density at radius 2 is 2.09 bits per heavy atom. The molecule has 2 rings (SSSR count). The third kappa shape index (κ3) is 3.87. The zero-order valence-corrected chi connectivity index (χ0v) is 13.5. The van der Waals surface area contributed by atoms with Gasteiger partial charge >= 0.3 is 6.09 Å². The second-order valence-corrected chi connectivity index (χ2v) is 6.60. The summed E-state index contributed by atoms with van der Waals surface area (Å²) in [5.41, 5.74) is -0.773. The lowest BCUT2D eigenvalue weighted by atomic mass is 10.0. The number of hydrogen-bond donors (Lipinski definition) is 1. The van der Waals surface area contributed by atoms with Crippen LogP contribution in [0, 0.1) is 11.6 Å². The molecule has 1 aliphatic rings. The van der Waals surface area contributed by atoms with E-state index in [9.17, 15) is 13.6 Å². The Bertz CT molecular complexity index is 575. The van der Waals surface area contributed by atoms with Crippen molar-refractivity contribution in [3.8, 4) is 0 Å². The monoisotopic (exact) mass is 332 g/mol. The topological polar surface area (TPSA) is 41.6 Å². The van der Waals surface area contributed by atoms with Crippen molar-refractivity contribution in [1.29, 1.82) is 0 Å². The second kappa shape index (κ2) is 6.38. The van der Waals surface area contributed by atoms with Crippen LogP contribution >= 0.6 is 11.6 Å². The fourth-order valence-electron chi connectivity index (χ4n) is 2.30. The van der Waals surface area contributed by atoms with Crippen molar-refractivity contribution in [2.24, 2.45) is 0 Å². The van der Waals surface area contributed by atoms with Crippen LogP contribution in [-0.4, -0.2) is 36.2 Å². The van der Waals surface area contributed by atoms with E-state index >= 15 is 0 Å². The summed E-state index contributed by atoms with van der Waals surface area (Å²) in [6.07, 6.45) is -0.498. The second-order valence-electron chi connectivity index (χ2n) is 6.19. The van der Waals surface area contributed by atoms with Gasteiger partial charge in [0.05, 0.1) is 11.1 Å². The van der Waals surface area contributed by atoms with Gasteiger partial charge in [0.1, 0.15) is 17.2 Å². The van der Waals surface area contributed by atoms with Crippen molar-refractivity contribution in [1.82, 2.24) is 10.2 Å². The molecular formula is C15H19ClF2N2O2. The van der Waals surface area contributed by atoms with Crippen LogP contribution in [0.4, 0.5) is 13.6 Å². The van der Waals surface area contributed by atoms with Gasteiger partial charge in [0.2, 0.25) is 0 Å². The lowest BCUT2D eigenvalue weighted by Gasteiger charge is -2.35. The molecule has 0 radical (unpaired) electrons. The number of nitrogens with one attached hydrogen (secondary N) is 1. The molecule has 1 saturated heterocycles. The van der Waals surface area contributed by atoms with E-state index in [1.165, 1.54) is 11.0 Å². The zero-order valence-electron chi connectivity index (χ0n) is 12.8. The van der Waals surface area contributed by atoms with Crippen molar-refractivity contribution in [3.05, 3.63) is 34.4 Å². The molecule has 1 aromatic rings. The maximum atomic E-state index is 14.1. The molecule has 1 fully saturated rings. The molecule has 1 atom stereocenters. The predicted octanol–water partition coefficient (Wildman–Crippen LogP) is 3.50. The Balaban J connectivity index is 2.18. The number of amides is 1. The molecule has 0 saturated carbocycles. The maximum absolute atomic E-state index is 14.1. The summed E-state index contributed by atoms with van der Waals surface area (Å²) >= 11 is 5.72. The van der Waals surface area contributed by atoms with Gasteiger partial charge in [-0.1, -0.05) is 11.6 Å². The summed E-state index contributed by atoms with van der Waals surface area (Å²) in [6.45, 7) is 6.23. The molecule has 1 heterocycles. The third-order valence-electron chi connectivity index (χ3n) is 3.26. The van der Waals surface area contributed by atoms with Crippen LogP contribution in [0.5, 0.6) is 0 Å². The fraction of sp³-hybridized carbons (Fsp3) is 0.533. The fourth-order valence-corrected chi connectivity index (χ4v) is 2.46. The van der Waals surface area contributed by atoms with Gasteiger partial charge in [0.15, 0.2) is 0 Å². The van der Waals surface area contributed by atoms with Gasteiger partial charge in [-0.3, -0.25) is 0 Å². The first-order chi connectivity index (χ1) is 10.2. The van der Waals surface area contributed by atoms with Crippen molar-refractivity contribution in [2.45, 2.75) is 32.4 Å². The molecule has 122 valence electrons. The summed E-state index contributed by atoms with van der Waals surface area (Å²) in [5.74, 6) is -1.49. The average Bonchev–Trinajstić information content (AvgIpc) is 2.42. The van der Waals surface area contributed by atoms with Gasteiger partial charge in [-0.15, -0.1) is 0 Å². The molecule has 4 nitrogen and oxygen atoms in total. The highest BCUT2D eigenvalue weighted by Gasteiger charge is 2.31. The van der Waals surface area contributed by atoms with E-state index in [-0.39, 0.29) is 17.1 Å². The number of hydrogen-bond acceptors (Lipinski definition) is 3. The summed E-state index contributed by atoms with van der Waals surface area (Å²) in [5, 5.41) is 2.86. The van der Waals surface area contributed by atoms with Crippen LogP contribution in [0.15, 0.2) is 12.1 Å². The molecule has 1 aromatic carbocycles. The van der Waals surface area contributed by atoms with Gasteiger partial charge in [-0.25, -0.2) is 13.6 Å². The average molecular weight is 333 g/mol. The quantitative estimate of drug-likeness (QED) is 0.800. The van der Waals surface area contributed by atoms with Crippen molar-refractivity contribution < 1.29 is 18.3 Å². The highest BCUT2D eigenvalue weighted by molar-refractivity contribution is 6.30. The molecule has 0 bridgehead atoms. The summed E-state index contributed by atoms with van der Waals surface area (Å²) in [4.78, 5) is 13.5. The molecule has 0 aliphatic carbocycles. The van der Waals surface area contributed by atoms with Crippen LogP contribution in [-0.2, 0) is 4.74 Å². The lowest BCUT2D eigenvalue weighted by Crippen LogP contribution is -2.50. The van der Waals surface area contributed by atoms with Crippen LogP contribution in [0.25, 0.3) is 0 Å². The first kappa shape index (κ1) is 17.0. The Morgan fingerprint density at radius 1 is 1.41 bits per heavy atom. The molecule has 0 spiro atoms. The minimum absolute atomic E-state index is 0.114. The molecule has 7 heteroatoms. The van der Waals surface area contributed by atoms with Crippen LogP contribution < -0.4 is 5.32 Å². The van der Waals surface area contributed by atoms with E-state index in [0.29, 0.717) is 13.1 Å². The van der Waals surface area contributed by atoms with Crippen LogP contribution in [0.3, 0.4) is 0 Å². The summed E-state index contributed by atoms with van der Waals surface area (Å²) in [6, 6.07) is 1.62. The standard InChI is InChI=1S/C15H19ClF2N2O2/c1-15(2,3)22-14(21)20-7-6-19-11(8-20)12-10(17)5-4-9(16)13(12)18/h4-5,11,19H,6-8H2,1-3H3. The molecular weight excluding hydrogens is 314 g/mol. The SMILES string of the molecule is CC(C)(C)OC(=O)N1CCNC(c2c(F)ccc(Cl)c2F)C1. The number of carbonyl (C=O) groups is 1. The largest absolute Gasteiger partial charge is 0.444 e. The van der Waals surface area contributed by atoms with Crippen LogP contribution in [0.1, 0.15) is 32.4 Å². The first-order valence-corrected chi connectivity index (χ1v) is 7.41. The number of benzene rings is 1. The Morgan fingerprint density at radius 3 is 2.73 bits per heavy atom. The number of ether oxygens (including phenoxy) is 1. The van der Waals surface area contributed by atoms with Crippen LogP contribution in [0.2, 0.25) is 5.02 Å². The molecule has 0 aromatic heterocycles. The molecule has 1 unspecified atom stereocenters. The number of piperazine rings is 1. The Hall–Kier alpha value is -1.40. The molecule has 22 heavy (non-hydrogen) atoms. The van der Waals surface area contributed by atoms with Gasteiger partial charge in [-0.2, -0.15) is 0 Å². The predicted molar refractivity (Wildman–Crippen MR) is 79.9 cm³/mol. The van der Waals surface area contributed by atoms with E-state index in [1.807, 2.05) is 0 Å². The van der Waals surface area contributed by atoms with Gasteiger partial charge in [0, 0.05) is 25.2 Å². The van der Waals surface area contributed by atoms with Crippen molar-refractivity contribution in [2.75, 3.05) is 19.6 Å². The highest BCUT2D eigenvalue weighted by Crippen LogP contribution is 2.28. The minimum atomic E-state index is -0.801. The first-order valence-electron chi connectivity index (χ1n) is 7.04.